The van der Waals surface area contributed by atoms with Crippen LogP contribution in [0.5, 0.6) is 0 Å². The third-order valence-corrected chi connectivity index (χ3v) is 2.86. The van der Waals surface area contributed by atoms with Gasteiger partial charge < -0.3 is 4.74 Å². The minimum absolute atomic E-state index is 0.207. The van der Waals surface area contributed by atoms with Crippen molar-refractivity contribution in [1.82, 2.24) is 0 Å². The zero-order valence-corrected chi connectivity index (χ0v) is 8.90. The van der Waals surface area contributed by atoms with Gasteiger partial charge in [0.05, 0.1) is 6.61 Å². The van der Waals surface area contributed by atoms with Gasteiger partial charge in [-0.15, -0.1) is 0 Å². The van der Waals surface area contributed by atoms with Gasteiger partial charge in [0, 0.05) is 0 Å². The fourth-order valence-electron chi connectivity index (χ4n) is 0.252. The van der Waals surface area contributed by atoms with Gasteiger partial charge in [-0.3, -0.25) is 0 Å². The van der Waals surface area contributed by atoms with E-state index in [2.05, 4.69) is 4.74 Å². The molecule has 0 rings (SSSR count). The van der Waals surface area contributed by atoms with Crippen LogP contribution in [0.4, 0.5) is 0 Å². The minimum atomic E-state index is -1.97. The summed E-state index contributed by atoms with van der Waals surface area (Å²) < 4.78 is 0.628. The summed E-state index contributed by atoms with van der Waals surface area (Å²) in [7, 11) is 0. The Morgan fingerprint density at radius 2 is 1.55 bits per heavy atom. The lowest BCUT2D eigenvalue weighted by molar-refractivity contribution is 0.0304. The molecule has 11 heavy (non-hydrogen) atoms. The number of rotatable bonds is 3. The molecule has 0 unspecified atom stereocenters. The summed E-state index contributed by atoms with van der Waals surface area (Å²) in [5.74, 6) is 0. The van der Waals surface area contributed by atoms with Crippen molar-refractivity contribution in [3.8, 4) is 0 Å². The number of hydrogen-bond acceptors (Lipinski definition) is 1. The summed E-state index contributed by atoms with van der Waals surface area (Å²) in [5, 5.41) is 9.93. The number of hydrogen-bond donors (Lipinski definition) is 0. The highest BCUT2D eigenvalue weighted by Crippen LogP contribution is 2.46. The van der Waals surface area contributed by atoms with Crippen molar-refractivity contribution in [3.05, 3.63) is 0 Å². The Bertz CT molecular complexity index is 120. The zero-order valence-electron chi connectivity index (χ0n) is 5.12. The Kier molecular flexibility index (Phi) is 5.13. The first-order chi connectivity index (χ1) is 4.81. The van der Waals surface area contributed by atoms with Crippen LogP contribution in [0.3, 0.4) is 0 Å². The van der Waals surface area contributed by atoms with Gasteiger partial charge in [0.1, 0.15) is 6.61 Å². The lowest BCUT2D eigenvalue weighted by atomic mass is 10.7. The van der Waals surface area contributed by atoms with Crippen LogP contribution < -0.4 is 0 Å². The van der Waals surface area contributed by atoms with E-state index in [1.165, 1.54) is 0 Å². The largest absolute Gasteiger partial charge is 0.341 e. The first-order valence-corrected chi connectivity index (χ1v) is 4.37. The van der Waals surface area contributed by atoms with E-state index in [4.69, 9.17) is 58.0 Å². The average molecular weight is 261 g/mol. The summed E-state index contributed by atoms with van der Waals surface area (Å²) in [6, 6.07) is 0. The molecule has 0 aliphatic carbocycles. The molecule has 0 aliphatic heterocycles. The maximum absolute atomic E-state index is 9.93. The van der Waals surface area contributed by atoms with Gasteiger partial charge >= 0.3 is 0 Å². The van der Waals surface area contributed by atoms with Gasteiger partial charge in [-0.1, -0.05) is 58.0 Å². The highest BCUT2D eigenvalue weighted by molar-refractivity contribution is 6.75. The van der Waals surface area contributed by atoms with Gasteiger partial charge in [-0.05, 0) is 0 Å². The third kappa shape index (κ3) is 4.23. The molecule has 7 heteroatoms. The standard InChI is InChI=1S/C4H4Cl5O2/c5-3(6,7)4(8,9)11-2-1-10/h1-2H2. The molecule has 0 saturated heterocycles. The third-order valence-electron chi connectivity index (χ3n) is 0.697. The van der Waals surface area contributed by atoms with Crippen LogP contribution in [0.25, 0.3) is 0 Å². The van der Waals surface area contributed by atoms with Crippen LogP contribution in [0, 0.1) is 0 Å². The predicted octanol–water partition coefficient (Wildman–Crippen LogP) is 2.94. The number of halogens is 5. The van der Waals surface area contributed by atoms with Crippen molar-refractivity contribution in [1.29, 1.82) is 0 Å². The molecule has 0 aromatic rings. The lowest BCUT2D eigenvalue weighted by Gasteiger charge is -2.26. The van der Waals surface area contributed by atoms with Crippen molar-refractivity contribution < 1.29 is 9.84 Å². The van der Waals surface area contributed by atoms with Crippen molar-refractivity contribution in [2.24, 2.45) is 0 Å². The highest BCUT2D eigenvalue weighted by Gasteiger charge is 2.47. The molecule has 0 aliphatic rings. The molecule has 0 aromatic heterocycles. The summed E-state index contributed by atoms with van der Waals surface area (Å²) >= 11 is 26.7. The molecule has 67 valence electrons. The smallest absolute Gasteiger partial charge is 0.265 e. The van der Waals surface area contributed by atoms with Crippen LogP contribution in [0.2, 0.25) is 0 Å². The first kappa shape index (κ1) is 12.4. The maximum Gasteiger partial charge on any atom is 0.265 e. The van der Waals surface area contributed by atoms with Crippen LogP contribution in [-0.4, -0.2) is 21.5 Å². The van der Waals surface area contributed by atoms with Crippen LogP contribution >= 0.6 is 58.0 Å². The number of ether oxygens (including phenoxy) is 1. The SMILES string of the molecule is [O]CCOC(Cl)(Cl)C(Cl)(Cl)Cl. The maximum atomic E-state index is 9.93. The normalized spacial score (nSPS) is 13.6. The Balaban J connectivity index is 4.00. The molecule has 0 fully saturated rings. The minimum Gasteiger partial charge on any atom is -0.341 e. The van der Waals surface area contributed by atoms with E-state index in [9.17, 15) is 5.11 Å². The van der Waals surface area contributed by atoms with Gasteiger partial charge in [-0.2, -0.15) is 0 Å². The molecule has 2 nitrogen and oxygen atoms in total. The fourth-order valence-corrected chi connectivity index (χ4v) is 0.570. The quantitative estimate of drug-likeness (QED) is 0.718. The van der Waals surface area contributed by atoms with Gasteiger partial charge in [0.25, 0.3) is 4.52 Å². The molecule has 0 spiro atoms. The van der Waals surface area contributed by atoms with Crippen LogP contribution in [-0.2, 0) is 9.84 Å². The number of alkyl halides is 5. The Labute approximate surface area is 89.3 Å². The first-order valence-electron chi connectivity index (χ1n) is 2.48. The van der Waals surface area contributed by atoms with Crippen molar-refractivity contribution in [2.75, 3.05) is 13.2 Å². The van der Waals surface area contributed by atoms with E-state index >= 15 is 0 Å². The topological polar surface area (TPSA) is 29.1 Å². The Hall–Kier alpha value is 1.37. The zero-order chi connectivity index (χ0) is 9.12. The van der Waals surface area contributed by atoms with Crippen molar-refractivity contribution in [2.45, 2.75) is 8.31 Å². The van der Waals surface area contributed by atoms with Crippen LogP contribution in [0.1, 0.15) is 0 Å². The second-order valence-corrected chi connectivity index (χ2v) is 5.11. The summed E-state index contributed by atoms with van der Waals surface area (Å²) in [6.07, 6.45) is 0. The molecule has 0 N–H and O–H groups in total. The van der Waals surface area contributed by atoms with E-state index < -0.39 is 14.9 Å². The molecule has 0 saturated carbocycles. The van der Waals surface area contributed by atoms with E-state index in [-0.39, 0.29) is 6.61 Å². The second kappa shape index (κ2) is 4.56. The molecule has 0 aromatic carbocycles. The molecule has 0 heterocycles. The summed E-state index contributed by atoms with van der Waals surface area (Å²) in [4.78, 5) is 0. The molecular formula is C4H4Cl5O2. The lowest BCUT2D eigenvalue weighted by Crippen LogP contribution is -2.34. The predicted molar refractivity (Wildman–Crippen MR) is 46.2 cm³/mol. The van der Waals surface area contributed by atoms with Crippen LogP contribution in [0.15, 0.2) is 0 Å². The summed E-state index contributed by atoms with van der Waals surface area (Å²) in [5.41, 5.74) is 0. The fraction of sp³-hybridized carbons (Fsp3) is 1.00. The van der Waals surface area contributed by atoms with E-state index in [1.807, 2.05) is 0 Å². The van der Waals surface area contributed by atoms with Crippen molar-refractivity contribution in [3.63, 3.8) is 0 Å². The Morgan fingerprint density at radius 3 is 1.82 bits per heavy atom. The van der Waals surface area contributed by atoms with Gasteiger partial charge in [0.15, 0.2) is 0 Å². The van der Waals surface area contributed by atoms with Gasteiger partial charge in [-0.25, -0.2) is 5.11 Å². The summed E-state index contributed by atoms with van der Waals surface area (Å²) in [6.45, 7) is -0.706. The van der Waals surface area contributed by atoms with E-state index in [0.29, 0.717) is 0 Å². The van der Waals surface area contributed by atoms with Crippen molar-refractivity contribution >= 4 is 58.0 Å². The second-order valence-electron chi connectivity index (χ2n) is 1.57. The van der Waals surface area contributed by atoms with E-state index in [1.54, 1.807) is 0 Å². The van der Waals surface area contributed by atoms with E-state index in [0.717, 1.165) is 0 Å². The highest BCUT2D eigenvalue weighted by atomic mass is 35.6. The molecule has 0 amide bonds. The molecular weight excluding hydrogens is 257 g/mol. The average Bonchev–Trinajstić information content (AvgIpc) is 1.81. The van der Waals surface area contributed by atoms with Gasteiger partial charge in [0.2, 0.25) is 3.79 Å². The molecule has 0 bridgehead atoms. The molecule has 0 atom stereocenters. The molecule has 1 radical (unpaired) electrons. The Morgan fingerprint density at radius 1 is 1.09 bits per heavy atom. The monoisotopic (exact) mass is 259 g/mol.